The molecule has 1 aliphatic rings. The monoisotopic (exact) mass is 276 g/mol. The molecule has 19 heavy (non-hydrogen) atoms. The van der Waals surface area contributed by atoms with Crippen molar-refractivity contribution in [2.24, 2.45) is 0 Å². The highest BCUT2D eigenvalue weighted by atomic mass is 32.2. The van der Waals surface area contributed by atoms with E-state index in [1.807, 2.05) is 0 Å². The molecule has 1 fully saturated rings. The van der Waals surface area contributed by atoms with Crippen LogP contribution in [0, 0.1) is 11.3 Å². The number of sulfone groups is 1. The summed E-state index contributed by atoms with van der Waals surface area (Å²) in [5, 5.41) is 16.5. The van der Waals surface area contributed by atoms with Crippen molar-refractivity contribution in [2.45, 2.75) is 24.6 Å². The Morgan fingerprint density at radius 3 is 3.00 bits per heavy atom. The lowest BCUT2D eigenvalue weighted by Crippen LogP contribution is -2.22. The molecule has 0 aliphatic carbocycles. The zero-order valence-electron chi connectivity index (χ0n) is 10.2. The van der Waals surface area contributed by atoms with Gasteiger partial charge in [0.2, 0.25) is 0 Å². The topological polar surface area (TPSA) is 88.6 Å². The molecule has 3 rings (SSSR count). The highest BCUT2D eigenvalue weighted by Crippen LogP contribution is 2.23. The van der Waals surface area contributed by atoms with Crippen molar-refractivity contribution in [3.63, 3.8) is 0 Å². The molecule has 0 spiro atoms. The van der Waals surface area contributed by atoms with Gasteiger partial charge in [-0.1, -0.05) is 5.21 Å². The molecule has 1 unspecified atom stereocenters. The van der Waals surface area contributed by atoms with Crippen LogP contribution in [0.1, 0.15) is 18.4 Å². The Morgan fingerprint density at radius 2 is 2.32 bits per heavy atom. The Labute approximate surface area is 110 Å². The lowest BCUT2D eigenvalue weighted by Gasteiger charge is -2.09. The molecule has 98 valence electrons. The molecule has 0 radical (unpaired) electrons. The third-order valence-corrected chi connectivity index (χ3v) is 5.74. The van der Waals surface area contributed by atoms with E-state index in [0.29, 0.717) is 36.0 Å². The zero-order valence-corrected chi connectivity index (χ0v) is 11.0. The van der Waals surface area contributed by atoms with Gasteiger partial charge in [0.25, 0.3) is 0 Å². The minimum absolute atomic E-state index is 0.258. The average molecular weight is 276 g/mol. The number of hydrogen-bond donors (Lipinski definition) is 0. The molecule has 1 saturated heterocycles. The van der Waals surface area contributed by atoms with E-state index in [-0.39, 0.29) is 11.0 Å². The van der Waals surface area contributed by atoms with Crippen molar-refractivity contribution >= 4 is 20.9 Å². The van der Waals surface area contributed by atoms with Crippen molar-refractivity contribution in [2.75, 3.05) is 5.75 Å². The molecule has 1 aromatic carbocycles. The van der Waals surface area contributed by atoms with Gasteiger partial charge in [0, 0.05) is 0 Å². The third kappa shape index (κ3) is 2.08. The predicted octanol–water partition coefficient (Wildman–Crippen LogP) is 0.880. The molecule has 0 N–H and O–H groups in total. The first-order valence-corrected chi connectivity index (χ1v) is 7.76. The molecule has 0 amide bonds. The van der Waals surface area contributed by atoms with Crippen LogP contribution < -0.4 is 0 Å². The van der Waals surface area contributed by atoms with Crippen molar-refractivity contribution in [1.29, 1.82) is 5.26 Å². The SMILES string of the molecule is N#Cc1ccc2nnn(CC3CCCS3(=O)=O)c2c1. The minimum atomic E-state index is -3.00. The van der Waals surface area contributed by atoms with Crippen molar-refractivity contribution in [1.82, 2.24) is 15.0 Å². The second kappa shape index (κ2) is 4.31. The van der Waals surface area contributed by atoms with Crippen LogP contribution in [0.25, 0.3) is 11.0 Å². The van der Waals surface area contributed by atoms with Crippen LogP contribution in [0.5, 0.6) is 0 Å². The molecule has 2 heterocycles. The van der Waals surface area contributed by atoms with Gasteiger partial charge in [-0.15, -0.1) is 5.10 Å². The Balaban J connectivity index is 2.00. The van der Waals surface area contributed by atoms with Crippen LogP contribution in [0.2, 0.25) is 0 Å². The van der Waals surface area contributed by atoms with Crippen LogP contribution in [0.4, 0.5) is 0 Å². The number of benzene rings is 1. The van der Waals surface area contributed by atoms with E-state index in [2.05, 4.69) is 16.4 Å². The van der Waals surface area contributed by atoms with E-state index in [0.717, 1.165) is 0 Å². The summed E-state index contributed by atoms with van der Waals surface area (Å²) in [6.07, 6.45) is 1.38. The fourth-order valence-corrected chi connectivity index (χ4v) is 4.22. The second-order valence-electron chi connectivity index (χ2n) is 4.72. The Hall–Kier alpha value is -1.94. The van der Waals surface area contributed by atoms with Crippen molar-refractivity contribution in [3.8, 4) is 6.07 Å². The molecule has 1 atom stereocenters. The van der Waals surface area contributed by atoms with Gasteiger partial charge in [0.15, 0.2) is 9.84 Å². The van der Waals surface area contributed by atoms with E-state index in [9.17, 15) is 8.42 Å². The minimum Gasteiger partial charge on any atom is -0.243 e. The number of rotatable bonds is 2. The summed E-state index contributed by atoms with van der Waals surface area (Å²) in [5.74, 6) is 0.258. The number of nitriles is 1. The van der Waals surface area contributed by atoms with Gasteiger partial charge in [-0.05, 0) is 31.0 Å². The number of hydrogen-bond acceptors (Lipinski definition) is 5. The quantitative estimate of drug-likeness (QED) is 0.812. The largest absolute Gasteiger partial charge is 0.243 e. The maximum atomic E-state index is 11.8. The molecule has 0 saturated carbocycles. The van der Waals surface area contributed by atoms with Gasteiger partial charge in [0.05, 0.1) is 34.7 Å². The van der Waals surface area contributed by atoms with Crippen molar-refractivity contribution in [3.05, 3.63) is 23.8 Å². The van der Waals surface area contributed by atoms with E-state index >= 15 is 0 Å². The summed E-state index contributed by atoms with van der Waals surface area (Å²) in [6.45, 7) is 0.313. The summed E-state index contributed by atoms with van der Waals surface area (Å²) >= 11 is 0. The third-order valence-electron chi connectivity index (χ3n) is 3.48. The van der Waals surface area contributed by atoms with Crippen LogP contribution in [-0.4, -0.2) is 34.4 Å². The van der Waals surface area contributed by atoms with Gasteiger partial charge in [-0.3, -0.25) is 0 Å². The molecule has 6 nitrogen and oxygen atoms in total. The number of nitrogens with zero attached hydrogens (tertiary/aromatic N) is 4. The van der Waals surface area contributed by atoms with Crippen LogP contribution in [0.15, 0.2) is 18.2 Å². The molecular formula is C12H12N4O2S. The summed E-state index contributed by atoms with van der Waals surface area (Å²) in [5.41, 5.74) is 1.90. The average Bonchev–Trinajstić information content (AvgIpc) is 2.94. The van der Waals surface area contributed by atoms with Gasteiger partial charge in [-0.2, -0.15) is 5.26 Å². The highest BCUT2D eigenvalue weighted by Gasteiger charge is 2.32. The predicted molar refractivity (Wildman–Crippen MR) is 69.1 cm³/mol. The molecule has 7 heteroatoms. The first kappa shape index (κ1) is 12.1. The summed E-state index contributed by atoms with van der Waals surface area (Å²) in [6, 6.07) is 7.15. The Bertz CT molecular complexity index is 773. The van der Waals surface area contributed by atoms with Crippen LogP contribution in [-0.2, 0) is 16.4 Å². The van der Waals surface area contributed by atoms with Gasteiger partial charge < -0.3 is 0 Å². The van der Waals surface area contributed by atoms with Crippen LogP contribution in [0.3, 0.4) is 0 Å². The first-order chi connectivity index (χ1) is 9.10. The van der Waals surface area contributed by atoms with Crippen molar-refractivity contribution < 1.29 is 8.42 Å². The summed E-state index contributed by atoms with van der Waals surface area (Å²) in [7, 11) is -3.00. The van der Waals surface area contributed by atoms with Crippen LogP contribution >= 0.6 is 0 Å². The molecule has 2 aromatic rings. The molecular weight excluding hydrogens is 264 g/mol. The fraction of sp³-hybridized carbons (Fsp3) is 0.417. The maximum Gasteiger partial charge on any atom is 0.154 e. The molecule has 1 aliphatic heterocycles. The number of fused-ring (bicyclic) bond motifs is 1. The van der Waals surface area contributed by atoms with Gasteiger partial charge in [-0.25, -0.2) is 13.1 Å². The summed E-state index contributed by atoms with van der Waals surface area (Å²) in [4.78, 5) is 0. The van der Waals surface area contributed by atoms with E-state index in [4.69, 9.17) is 5.26 Å². The normalized spacial score (nSPS) is 21.5. The lowest BCUT2D eigenvalue weighted by atomic mass is 10.2. The second-order valence-corrected chi connectivity index (χ2v) is 7.12. The highest BCUT2D eigenvalue weighted by molar-refractivity contribution is 7.92. The zero-order chi connectivity index (χ0) is 13.5. The number of aromatic nitrogens is 3. The first-order valence-electron chi connectivity index (χ1n) is 6.05. The van der Waals surface area contributed by atoms with E-state index < -0.39 is 9.84 Å². The summed E-state index contributed by atoms with van der Waals surface area (Å²) < 4.78 is 25.3. The molecule has 1 aromatic heterocycles. The lowest BCUT2D eigenvalue weighted by molar-refractivity contribution is 0.540. The van der Waals surface area contributed by atoms with E-state index in [1.165, 1.54) is 0 Å². The fourth-order valence-electron chi connectivity index (χ4n) is 2.43. The molecule has 0 bridgehead atoms. The Kier molecular flexibility index (Phi) is 2.75. The van der Waals surface area contributed by atoms with Gasteiger partial charge >= 0.3 is 0 Å². The van der Waals surface area contributed by atoms with E-state index in [1.54, 1.807) is 22.9 Å². The smallest absolute Gasteiger partial charge is 0.154 e. The standard InChI is InChI=1S/C12H12N4O2S/c13-7-9-3-4-11-12(6-9)16(15-14-11)8-10-2-1-5-19(10,17)18/h3-4,6,10H,1-2,5,8H2. The maximum absolute atomic E-state index is 11.8. The van der Waals surface area contributed by atoms with Gasteiger partial charge in [0.1, 0.15) is 5.52 Å². The Morgan fingerprint density at radius 1 is 1.47 bits per heavy atom.